The summed E-state index contributed by atoms with van der Waals surface area (Å²) >= 11 is 0. The molecule has 1 saturated heterocycles. The number of anilines is 2. The lowest BCUT2D eigenvalue weighted by Crippen LogP contribution is -2.35. The molecule has 3 rings (SSSR count). The van der Waals surface area contributed by atoms with Gasteiger partial charge in [-0.2, -0.15) is 4.98 Å². The van der Waals surface area contributed by atoms with Crippen molar-refractivity contribution in [1.29, 1.82) is 0 Å². The molecule has 0 radical (unpaired) electrons. The van der Waals surface area contributed by atoms with Crippen molar-refractivity contribution in [2.75, 3.05) is 51.1 Å². The summed E-state index contributed by atoms with van der Waals surface area (Å²) in [5.74, 6) is 2.37. The highest BCUT2D eigenvalue weighted by molar-refractivity contribution is 5.42. The number of methoxy groups -OCH3 is 1. The lowest BCUT2D eigenvalue weighted by Gasteiger charge is -2.25. The third kappa shape index (κ3) is 4.17. The second kappa shape index (κ2) is 7.65. The summed E-state index contributed by atoms with van der Waals surface area (Å²) in [4.78, 5) is 19.9. The molecule has 134 valence electrons. The van der Waals surface area contributed by atoms with Gasteiger partial charge in [0.2, 0.25) is 11.8 Å². The number of pyridine rings is 1. The molecule has 0 aromatic carbocycles. The van der Waals surface area contributed by atoms with Crippen LogP contribution in [0.25, 0.3) is 0 Å². The van der Waals surface area contributed by atoms with Crippen LogP contribution in [0.5, 0.6) is 5.88 Å². The third-order valence-electron chi connectivity index (χ3n) is 4.61. The van der Waals surface area contributed by atoms with Gasteiger partial charge in [-0.15, -0.1) is 0 Å². The molecular weight excluding hydrogens is 316 g/mol. The number of rotatable bonds is 6. The lowest BCUT2D eigenvalue weighted by molar-refractivity contribution is 0.324. The van der Waals surface area contributed by atoms with Crippen molar-refractivity contribution < 1.29 is 4.74 Å². The van der Waals surface area contributed by atoms with E-state index in [0.29, 0.717) is 11.9 Å². The number of hydrogen-bond donors (Lipinski definition) is 0. The number of likely N-dealkylation sites (N-methyl/N-ethyl adjacent to an activating group) is 1. The van der Waals surface area contributed by atoms with E-state index in [1.165, 1.54) is 5.56 Å². The zero-order chi connectivity index (χ0) is 17.8. The van der Waals surface area contributed by atoms with Gasteiger partial charge in [-0.1, -0.05) is 0 Å². The van der Waals surface area contributed by atoms with E-state index in [1.807, 2.05) is 43.4 Å². The van der Waals surface area contributed by atoms with Crippen LogP contribution in [0.15, 0.2) is 30.6 Å². The van der Waals surface area contributed by atoms with Crippen LogP contribution in [0, 0.1) is 0 Å². The van der Waals surface area contributed by atoms with Gasteiger partial charge < -0.3 is 14.5 Å². The van der Waals surface area contributed by atoms with Gasteiger partial charge in [0, 0.05) is 65.3 Å². The van der Waals surface area contributed by atoms with Crippen LogP contribution in [0.1, 0.15) is 12.0 Å². The highest BCUT2D eigenvalue weighted by Crippen LogP contribution is 2.22. The molecular formula is C18H26N6O. The van der Waals surface area contributed by atoms with Crippen LogP contribution >= 0.6 is 0 Å². The van der Waals surface area contributed by atoms with Crippen LogP contribution in [0.3, 0.4) is 0 Å². The Kier molecular flexibility index (Phi) is 5.33. The predicted octanol–water partition coefficient (Wildman–Crippen LogP) is 1.66. The molecule has 2 aromatic heterocycles. The molecule has 1 atom stereocenters. The van der Waals surface area contributed by atoms with E-state index in [4.69, 9.17) is 4.74 Å². The highest BCUT2D eigenvalue weighted by atomic mass is 16.5. The van der Waals surface area contributed by atoms with Gasteiger partial charge in [0.05, 0.1) is 7.11 Å². The summed E-state index contributed by atoms with van der Waals surface area (Å²) in [5, 5.41) is 0. The summed E-state index contributed by atoms with van der Waals surface area (Å²) in [6, 6.07) is 6.39. The van der Waals surface area contributed by atoms with Crippen LogP contribution in [0.2, 0.25) is 0 Å². The molecule has 0 N–H and O–H groups in total. The van der Waals surface area contributed by atoms with Gasteiger partial charge in [-0.25, -0.2) is 9.97 Å². The maximum atomic E-state index is 5.21. The largest absolute Gasteiger partial charge is 0.481 e. The molecule has 0 aliphatic carbocycles. The smallest absolute Gasteiger partial charge is 0.227 e. The lowest BCUT2D eigenvalue weighted by atomic mass is 10.2. The van der Waals surface area contributed by atoms with E-state index < -0.39 is 0 Å². The number of nitrogens with zero attached hydrogens (tertiary/aromatic N) is 6. The molecule has 0 amide bonds. The van der Waals surface area contributed by atoms with E-state index in [-0.39, 0.29) is 0 Å². The van der Waals surface area contributed by atoms with Gasteiger partial charge >= 0.3 is 0 Å². The minimum absolute atomic E-state index is 0.418. The van der Waals surface area contributed by atoms with Gasteiger partial charge in [0.1, 0.15) is 5.82 Å². The standard InChI is InChI=1S/C18H26N6O/c1-22(2)16-6-9-20-18(21-16)23(3)15-7-10-24(13-15)12-14-5-8-19-17(11-14)25-4/h5-6,8-9,11,15H,7,10,12-13H2,1-4H3. The molecule has 7 nitrogen and oxygen atoms in total. The molecule has 1 unspecified atom stereocenters. The number of likely N-dealkylation sites (tertiary alicyclic amines) is 1. The van der Waals surface area contributed by atoms with E-state index in [1.54, 1.807) is 13.3 Å². The number of ether oxygens (including phenoxy) is 1. The van der Waals surface area contributed by atoms with Gasteiger partial charge in [0.25, 0.3) is 0 Å². The Labute approximate surface area is 149 Å². The minimum atomic E-state index is 0.418. The second-order valence-corrected chi connectivity index (χ2v) is 6.60. The molecule has 7 heteroatoms. The Morgan fingerprint density at radius 3 is 2.76 bits per heavy atom. The first-order chi connectivity index (χ1) is 12.1. The Balaban J connectivity index is 1.63. The van der Waals surface area contributed by atoms with Crippen LogP contribution in [-0.4, -0.2) is 67.2 Å². The fraction of sp³-hybridized carbons (Fsp3) is 0.500. The summed E-state index contributed by atoms with van der Waals surface area (Å²) in [7, 11) is 7.71. The van der Waals surface area contributed by atoms with Crippen LogP contribution in [-0.2, 0) is 6.54 Å². The molecule has 1 aliphatic rings. The summed E-state index contributed by atoms with van der Waals surface area (Å²) in [5.41, 5.74) is 1.22. The van der Waals surface area contributed by atoms with Crippen LogP contribution in [0.4, 0.5) is 11.8 Å². The van der Waals surface area contributed by atoms with E-state index in [9.17, 15) is 0 Å². The van der Waals surface area contributed by atoms with Gasteiger partial charge in [-0.05, 0) is 24.1 Å². The second-order valence-electron chi connectivity index (χ2n) is 6.60. The van der Waals surface area contributed by atoms with E-state index in [0.717, 1.165) is 37.8 Å². The Hall–Kier alpha value is -2.41. The van der Waals surface area contributed by atoms with Crippen molar-refractivity contribution in [3.05, 3.63) is 36.2 Å². The van der Waals surface area contributed by atoms with Crippen molar-refractivity contribution in [3.8, 4) is 5.88 Å². The van der Waals surface area contributed by atoms with Crippen molar-refractivity contribution in [1.82, 2.24) is 19.9 Å². The Morgan fingerprint density at radius 1 is 1.20 bits per heavy atom. The quantitative estimate of drug-likeness (QED) is 0.791. The van der Waals surface area contributed by atoms with Crippen molar-refractivity contribution >= 4 is 11.8 Å². The predicted molar refractivity (Wildman–Crippen MR) is 99.2 cm³/mol. The summed E-state index contributed by atoms with van der Waals surface area (Å²) < 4.78 is 5.21. The average Bonchev–Trinajstić information content (AvgIpc) is 3.09. The van der Waals surface area contributed by atoms with Crippen molar-refractivity contribution in [2.45, 2.75) is 19.0 Å². The maximum Gasteiger partial charge on any atom is 0.227 e. The number of hydrogen-bond acceptors (Lipinski definition) is 7. The molecule has 0 saturated carbocycles. The van der Waals surface area contributed by atoms with Gasteiger partial charge in [-0.3, -0.25) is 4.90 Å². The summed E-state index contributed by atoms with van der Waals surface area (Å²) in [6.07, 6.45) is 4.73. The van der Waals surface area contributed by atoms with Crippen molar-refractivity contribution in [3.63, 3.8) is 0 Å². The van der Waals surface area contributed by atoms with Crippen LogP contribution < -0.4 is 14.5 Å². The monoisotopic (exact) mass is 342 g/mol. The van der Waals surface area contributed by atoms with E-state index >= 15 is 0 Å². The zero-order valence-corrected chi connectivity index (χ0v) is 15.4. The molecule has 3 heterocycles. The maximum absolute atomic E-state index is 5.21. The first-order valence-electron chi connectivity index (χ1n) is 8.51. The molecule has 25 heavy (non-hydrogen) atoms. The third-order valence-corrected chi connectivity index (χ3v) is 4.61. The number of aromatic nitrogens is 3. The first kappa shape index (κ1) is 17.4. The molecule has 0 spiro atoms. The SMILES string of the molecule is COc1cc(CN2CCC(N(C)c3nccc(N(C)C)n3)C2)ccn1. The normalized spacial score (nSPS) is 17.5. The minimum Gasteiger partial charge on any atom is -0.481 e. The fourth-order valence-corrected chi connectivity index (χ4v) is 3.11. The average molecular weight is 342 g/mol. The molecule has 1 aliphatic heterocycles. The highest BCUT2D eigenvalue weighted by Gasteiger charge is 2.27. The first-order valence-corrected chi connectivity index (χ1v) is 8.51. The molecule has 1 fully saturated rings. The van der Waals surface area contributed by atoms with Gasteiger partial charge in [0.15, 0.2) is 0 Å². The topological polar surface area (TPSA) is 57.6 Å². The van der Waals surface area contributed by atoms with Crippen molar-refractivity contribution in [2.24, 2.45) is 0 Å². The summed E-state index contributed by atoms with van der Waals surface area (Å²) in [6.45, 7) is 2.96. The Morgan fingerprint density at radius 2 is 2.00 bits per heavy atom. The Bertz CT molecular complexity index is 707. The molecule has 2 aromatic rings. The van der Waals surface area contributed by atoms with E-state index in [2.05, 4.69) is 31.8 Å². The fourth-order valence-electron chi connectivity index (χ4n) is 3.11. The molecule has 0 bridgehead atoms. The zero-order valence-electron chi connectivity index (χ0n) is 15.4.